The number of amides is 2. The van der Waals surface area contributed by atoms with E-state index in [1.54, 1.807) is 11.0 Å². The fourth-order valence-electron chi connectivity index (χ4n) is 5.02. The summed E-state index contributed by atoms with van der Waals surface area (Å²) in [6.45, 7) is 7.78. The van der Waals surface area contributed by atoms with Crippen LogP contribution in [-0.2, 0) is 0 Å². The van der Waals surface area contributed by atoms with Gasteiger partial charge in [-0.3, -0.25) is 15.2 Å². The maximum Gasteiger partial charge on any atom is 0.328 e. The summed E-state index contributed by atoms with van der Waals surface area (Å²) in [5.74, 6) is 0.466. The summed E-state index contributed by atoms with van der Waals surface area (Å²) >= 11 is 0. The highest BCUT2D eigenvalue weighted by atomic mass is 28.3. The molecule has 1 spiro atoms. The van der Waals surface area contributed by atoms with Gasteiger partial charge in [0.1, 0.15) is 17.2 Å². The van der Waals surface area contributed by atoms with Gasteiger partial charge in [-0.2, -0.15) is 0 Å². The Hall–Kier alpha value is -1.73. The van der Waals surface area contributed by atoms with Gasteiger partial charge in [0, 0.05) is 25.8 Å². The first-order valence-electron chi connectivity index (χ1n) is 9.98. The standard InChI is InChI=1S/C20H29FN4OSi/c1-14-12-20(8-9-22-14)18(23-16-7-10-27(2,3)13-16)24-19(26)25(20)17-6-4-5-15(21)11-17/h4-6,11,14,16,22H,7-10,12-13H2,1-3H3,(H,23,24,26)/t14?,16-,20?/m1/s1. The van der Waals surface area contributed by atoms with E-state index in [9.17, 15) is 9.18 Å². The second-order valence-corrected chi connectivity index (χ2v) is 14.4. The predicted octanol–water partition coefficient (Wildman–Crippen LogP) is 3.75. The van der Waals surface area contributed by atoms with E-state index in [2.05, 4.69) is 30.7 Å². The summed E-state index contributed by atoms with van der Waals surface area (Å²) in [6.07, 6.45) is 2.66. The third-order valence-corrected chi connectivity index (χ3v) is 9.51. The molecule has 3 fully saturated rings. The molecule has 0 radical (unpaired) electrons. The number of nitrogens with zero attached hydrogens (tertiary/aromatic N) is 2. The molecule has 146 valence electrons. The van der Waals surface area contributed by atoms with E-state index in [1.807, 2.05) is 6.07 Å². The van der Waals surface area contributed by atoms with Gasteiger partial charge in [0.2, 0.25) is 0 Å². The Kier molecular flexibility index (Phi) is 4.62. The van der Waals surface area contributed by atoms with Crippen molar-refractivity contribution >= 4 is 25.6 Å². The Bertz CT molecular complexity index is 783. The van der Waals surface area contributed by atoms with E-state index >= 15 is 0 Å². The number of aliphatic imine (C=N–C) groups is 1. The molecule has 1 aromatic rings. The molecule has 7 heteroatoms. The molecule has 0 bridgehead atoms. The van der Waals surface area contributed by atoms with Gasteiger partial charge in [0.15, 0.2) is 0 Å². The van der Waals surface area contributed by atoms with Gasteiger partial charge < -0.3 is 5.32 Å². The number of urea groups is 1. The first kappa shape index (κ1) is 18.6. The molecular formula is C20H29FN4OSi. The molecule has 3 atom stereocenters. The van der Waals surface area contributed by atoms with Crippen molar-refractivity contribution in [3.05, 3.63) is 30.1 Å². The zero-order chi connectivity index (χ0) is 19.2. The molecular weight excluding hydrogens is 359 g/mol. The predicted molar refractivity (Wildman–Crippen MR) is 110 cm³/mol. The van der Waals surface area contributed by atoms with Crippen LogP contribution >= 0.6 is 0 Å². The van der Waals surface area contributed by atoms with E-state index < -0.39 is 13.6 Å². The first-order valence-corrected chi connectivity index (χ1v) is 13.4. The molecule has 2 amide bonds. The summed E-state index contributed by atoms with van der Waals surface area (Å²) in [7, 11) is -1.15. The summed E-state index contributed by atoms with van der Waals surface area (Å²) in [5, 5.41) is 6.53. The minimum atomic E-state index is -1.15. The number of carbonyl (C=O) groups is 1. The summed E-state index contributed by atoms with van der Waals surface area (Å²) in [5.41, 5.74) is 0.0945. The van der Waals surface area contributed by atoms with Crippen molar-refractivity contribution < 1.29 is 9.18 Å². The van der Waals surface area contributed by atoms with Crippen LogP contribution in [0.2, 0.25) is 25.2 Å². The van der Waals surface area contributed by atoms with Crippen molar-refractivity contribution in [1.29, 1.82) is 0 Å². The number of halogens is 1. The summed E-state index contributed by atoms with van der Waals surface area (Å²) in [6, 6.07) is 9.18. The molecule has 3 aliphatic heterocycles. The largest absolute Gasteiger partial charge is 0.328 e. The molecule has 0 aromatic heterocycles. The third kappa shape index (κ3) is 3.43. The SMILES string of the molecule is CC1CC2(CCN1)C(=N[C@@H]1CC[Si](C)(C)C1)NC(=O)N2c1cccc(F)c1. The lowest BCUT2D eigenvalue weighted by Gasteiger charge is -2.42. The third-order valence-electron chi connectivity index (χ3n) is 6.29. The van der Waals surface area contributed by atoms with Crippen LogP contribution in [0.4, 0.5) is 14.9 Å². The second kappa shape index (κ2) is 6.70. The number of anilines is 1. The van der Waals surface area contributed by atoms with E-state index in [1.165, 1.54) is 24.2 Å². The number of nitrogens with one attached hydrogen (secondary N) is 2. The van der Waals surface area contributed by atoms with Gasteiger partial charge in [0.05, 0.1) is 0 Å². The van der Waals surface area contributed by atoms with Gasteiger partial charge in [-0.1, -0.05) is 25.2 Å². The van der Waals surface area contributed by atoms with Crippen molar-refractivity contribution in [2.75, 3.05) is 11.4 Å². The Labute approximate surface area is 161 Å². The van der Waals surface area contributed by atoms with Gasteiger partial charge in [0.25, 0.3) is 0 Å². The Morgan fingerprint density at radius 3 is 2.85 bits per heavy atom. The average Bonchev–Trinajstić information content (AvgIpc) is 3.04. The van der Waals surface area contributed by atoms with Crippen molar-refractivity contribution in [3.63, 3.8) is 0 Å². The normalized spacial score (nSPS) is 34.4. The van der Waals surface area contributed by atoms with Crippen LogP contribution < -0.4 is 15.5 Å². The Morgan fingerprint density at radius 1 is 1.37 bits per heavy atom. The molecule has 0 saturated carbocycles. The number of piperidine rings is 1. The van der Waals surface area contributed by atoms with Gasteiger partial charge in [-0.05, 0) is 57.0 Å². The number of benzene rings is 1. The fraction of sp³-hybridized carbons (Fsp3) is 0.600. The minimum Gasteiger partial charge on any atom is -0.314 e. The summed E-state index contributed by atoms with van der Waals surface area (Å²) < 4.78 is 13.9. The molecule has 4 rings (SSSR count). The maximum absolute atomic E-state index is 13.9. The lowest BCUT2D eigenvalue weighted by Crippen LogP contribution is -2.58. The monoisotopic (exact) mass is 388 g/mol. The second-order valence-electron chi connectivity index (χ2n) is 9.12. The van der Waals surface area contributed by atoms with Crippen LogP contribution in [0.3, 0.4) is 0 Å². The zero-order valence-corrected chi connectivity index (χ0v) is 17.4. The van der Waals surface area contributed by atoms with Crippen molar-refractivity contribution in [3.8, 4) is 0 Å². The summed E-state index contributed by atoms with van der Waals surface area (Å²) in [4.78, 5) is 19.8. The van der Waals surface area contributed by atoms with E-state index in [-0.39, 0.29) is 17.9 Å². The van der Waals surface area contributed by atoms with Crippen molar-refractivity contribution in [1.82, 2.24) is 10.6 Å². The molecule has 0 aliphatic carbocycles. The van der Waals surface area contributed by atoms with Crippen LogP contribution in [0.15, 0.2) is 29.3 Å². The van der Waals surface area contributed by atoms with Gasteiger partial charge >= 0.3 is 6.03 Å². The first-order chi connectivity index (χ1) is 12.8. The Balaban J connectivity index is 1.75. The van der Waals surface area contributed by atoms with E-state index in [0.29, 0.717) is 11.7 Å². The average molecular weight is 389 g/mol. The van der Waals surface area contributed by atoms with Gasteiger partial charge in [-0.25, -0.2) is 9.18 Å². The lowest BCUT2D eigenvalue weighted by atomic mass is 9.82. The van der Waals surface area contributed by atoms with Crippen LogP contribution in [0.1, 0.15) is 26.2 Å². The molecule has 1 aromatic carbocycles. The molecule has 2 N–H and O–H groups in total. The highest BCUT2D eigenvalue weighted by Gasteiger charge is 2.53. The maximum atomic E-state index is 13.9. The van der Waals surface area contributed by atoms with Crippen molar-refractivity contribution in [2.24, 2.45) is 4.99 Å². The van der Waals surface area contributed by atoms with Crippen LogP contribution in [0, 0.1) is 5.82 Å². The van der Waals surface area contributed by atoms with E-state index in [4.69, 9.17) is 4.99 Å². The number of amidine groups is 1. The Morgan fingerprint density at radius 2 is 2.19 bits per heavy atom. The number of hydrogen-bond donors (Lipinski definition) is 2. The molecule has 27 heavy (non-hydrogen) atoms. The van der Waals surface area contributed by atoms with Crippen molar-refractivity contribution in [2.45, 2.75) is 69.0 Å². The molecule has 3 saturated heterocycles. The van der Waals surface area contributed by atoms with Crippen LogP contribution in [0.25, 0.3) is 0 Å². The smallest absolute Gasteiger partial charge is 0.314 e. The topological polar surface area (TPSA) is 56.7 Å². The molecule has 5 nitrogen and oxygen atoms in total. The lowest BCUT2D eigenvalue weighted by molar-refractivity contribution is 0.246. The molecule has 3 heterocycles. The van der Waals surface area contributed by atoms with E-state index in [0.717, 1.165) is 31.6 Å². The molecule has 3 aliphatic rings. The number of hydrogen-bond acceptors (Lipinski definition) is 3. The molecule has 2 unspecified atom stereocenters. The highest BCUT2D eigenvalue weighted by Crippen LogP contribution is 2.39. The highest BCUT2D eigenvalue weighted by molar-refractivity contribution is 6.78. The van der Waals surface area contributed by atoms with Crippen LogP contribution in [0.5, 0.6) is 0 Å². The minimum absolute atomic E-state index is 0.192. The van der Waals surface area contributed by atoms with Gasteiger partial charge in [-0.15, -0.1) is 0 Å². The zero-order valence-electron chi connectivity index (χ0n) is 16.4. The fourth-order valence-corrected chi connectivity index (χ4v) is 7.91. The number of rotatable bonds is 2. The quantitative estimate of drug-likeness (QED) is 0.758. The van der Waals surface area contributed by atoms with Crippen LogP contribution in [-0.4, -0.2) is 44.1 Å². The number of carbonyl (C=O) groups excluding carboxylic acids is 1.